The van der Waals surface area contributed by atoms with Crippen LogP contribution in [0.15, 0.2) is 12.1 Å². The molecule has 1 aromatic rings. The standard InChI is InChI=1S/C10H15N3O2/c1-3-4-7-13(2)9-6-5-8(10(14)15)11-12-9/h5-6H,3-4,7H2,1-2H3,(H,14,15). The van der Waals surface area contributed by atoms with Gasteiger partial charge in [-0.25, -0.2) is 4.79 Å². The lowest BCUT2D eigenvalue weighted by Gasteiger charge is -2.16. The van der Waals surface area contributed by atoms with Gasteiger partial charge in [0.1, 0.15) is 0 Å². The first-order chi connectivity index (χ1) is 7.15. The molecule has 5 heteroatoms. The van der Waals surface area contributed by atoms with Crippen LogP contribution < -0.4 is 4.90 Å². The number of carbonyl (C=O) groups is 1. The summed E-state index contributed by atoms with van der Waals surface area (Å²) in [6.45, 7) is 3.02. The SMILES string of the molecule is CCCCN(C)c1ccc(C(=O)O)nn1. The Kier molecular flexibility index (Phi) is 4.03. The Morgan fingerprint density at radius 3 is 2.67 bits per heavy atom. The molecule has 82 valence electrons. The minimum atomic E-state index is -1.05. The molecule has 0 atom stereocenters. The average Bonchev–Trinajstić information content (AvgIpc) is 2.26. The van der Waals surface area contributed by atoms with Gasteiger partial charge in [0.25, 0.3) is 0 Å². The molecule has 0 aliphatic carbocycles. The van der Waals surface area contributed by atoms with Crippen molar-refractivity contribution in [3.05, 3.63) is 17.8 Å². The Hall–Kier alpha value is -1.65. The molecule has 0 fully saturated rings. The summed E-state index contributed by atoms with van der Waals surface area (Å²) in [6, 6.07) is 3.14. The number of nitrogens with zero attached hydrogens (tertiary/aromatic N) is 3. The summed E-state index contributed by atoms with van der Waals surface area (Å²) in [5.74, 6) is -0.348. The van der Waals surface area contributed by atoms with E-state index in [-0.39, 0.29) is 5.69 Å². The van der Waals surface area contributed by atoms with Crippen molar-refractivity contribution in [1.29, 1.82) is 0 Å². The molecule has 15 heavy (non-hydrogen) atoms. The van der Waals surface area contributed by atoms with Crippen LogP contribution in [-0.4, -0.2) is 34.9 Å². The zero-order chi connectivity index (χ0) is 11.3. The molecule has 0 saturated heterocycles. The highest BCUT2D eigenvalue weighted by Crippen LogP contribution is 2.08. The van der Waals surface area contributed by atoms with E-state index in [1.54, 1.807) is 6.07 Å². The lowest BCUT2D eigenvalue weighted by atomic mass is 10.3. The fourth-order valence-corrected chi connectivity index (χ4v) is 1.15. The van der Waals surface area contributed by atoms with E-state index in [2.05, 4.69) is 17.1 Å². The summed E-state index contributed by atoms with van der Waals surface area (Å²) < 4.78 is 0. The maximum atomic E-state index is 10.5. The number of hydrogen-bond donors (Lipinski definition) is 1. The second-order valence-corrected chi connectivity index (χ2v) is 3.36. The van der Waals surface area contributed by atoms with E-state index in [0.717, 1.165) is 19.4 Å². The molecule has 0 aliphatic heterocycles. The minimum Gasteiger partial charge on any atom is -0.476 e. The van der Waals surface area contributed by atoms with Crippen molar-refractivity contribution < 1.29 is 9.90 Å². The van der Waals surface area contributed by atoms with Crippen LogP contribution >= 0.6 is 0 Å². The summed E-state index contributed by atoms with van der Waals surface area (Å²) >= 11 is 0. The first kappa shape index (κ1) is 11.4. The number of rotatable bonds is 5. The molecule has 1 heterocycles. The lowest BCUT2D eigenvalue weighted by molar-refractivity contribution is 0.0689. The lowest BCUT2D eigenvalue weighted by Crippen LogP contribution is -2.20. The number of carboxylic acid groups (broad SMARTS) is 1. The highest BCUT2D eigenvalue weighted by molar-refractivity contribution is 5.85. The van der Waals surface area contributed by atoms with E-state index in [0.29, 0.717) is 5.82 Å². The Morgan fingerprint density at radius 1 is 1.47 bits per heavy atom. The van der Waals surface area contributed by atoms with Gasteiger partial charge < -0.3 is 10.0 Å². The van der Waals surface area contributed by atoms with Crippen molar-refractivity contribution in [3.63, 3.8) is 0 Å². The third kappa shape index (κ3) is 3.19. The number of anilines is 1. The van der Waals surface area contributed by atoms with E-state index in [1.165, 1.54) is 6.07 Å². The van der Waals surface area contributed by atoms with Crippen LogP contribution in [-0.2, 0) is 0 Å². The van der Waals surface area contributed by atoms with E-state index in [4.69, 9.17) is 5.11 Å². The third-order valence-electron chi connectivity index (χ3n) is 2.11. The van der Waals surface area contributed by atoms with E-state index < -0.39 is 5.97 Å². The average molecular weight is 209 g/mol. The first-order valence-corrected chi connectivity index (χ1v) is 4.93. The summed E-state index contributed by atoms with van der Waals surface area (Å²) in [5.41, 5.74) is -0.0253. The van der Waals surface area contributed by atoms with Crippen molar-refractivity contribution in [2.75, 3.05) is 18.5 Å². The van der Waals surface area contributed by atoms with Crippen molar-refractivity contribution in [3.8, 4) is 0 Å². The normalized spacial score (nSPS) is 10.0. The van der Waals surface area contributed by atoms with Gasteiger partial charge in [-0.15, -0.1) is 10.2 Å². The molecule has 0 unspecified atom stereocenters. The summed E-state index contributed by atoms with van der Waals surface area (Å²) in [7, 11) is 1.92. The van der Waals surface area contributed by atoms with E-state index in [9.17, 15) is 4.79 Å². The monoisotopic (exact) mass is 209 g/mol. The number of hydrogen-bond acceptors (Lipinski definition) is 4. The summed E-state index contributed by atoms with van der Waals surface area (Å²) in [6.07, 6.45) is 2.20. The topological polar surface area (TPSA) is 66.3 Å². The second kappa shape index (κ2) is 5.29. The molecule has 0 saturated carbocycles. The van der Waals surface area contributed by atoms with Crippen LogP contribution in [0.25, 0.3) is 0 Å². The van der Waals surface area contributed by atoms with Crippen LogP contribution in [0.4, 0.5) is 5.82 Å². The Labute approximate surface area is 88.7 Å². The van der Waals surface area contributed by atoms with Crippen LogP contribution in [0.1, 0.15) is 30.3 Å². The van der Waals surface area contributed by atoms with Crippen molar-refractivity contribution in [2.45, 2.75) is 19.8 Å². The minimum absolute atomic E-state index is 0.0253. The fourth-order valence-electron chi connectivity index (χ4n) is 1.15. The molecule has 0 amide bonds. The van der Waals surface area contributed by atoms with Gasteiger partial charge in [-0.05, 0) is 18.6 Å². The smallest absolute Gasteiger partial charge is 0.356 e. The van der Waals surface area contributed by atoms with Gasteiger partial charge in [0, 0.05) is 13.6 Å². The molecule has 0 aliphatic rings. The molecule has 1 rings (SSSR count). The van der Waals surface area contributed by atoms with Crippen LogP contribution in [0.3, 0.4) is 0 Å². The van der Waals surface area contributed by atoms with Gasteiger partial charge >= 0.3 is 5.97 Å². The maximum absolute atomic E-state index is 10.5. The second-order valence-electron chi connectivity index (χ2n) is 3.36. The van der Waals surface area contributed by atoms with Gasteiger partial charge in [0.05, 0.1) is 0 Å². The van der Waals surface area contributed by atoms with Crippen molar-refractivity contribution in [1.82, 2.24) is 10.2 Å². The van der Waals surface area contributed by atoms with Crippen molar-refractivity contribution in [2.24, 2.45) is 0 Å². The van der Waals surface area contributed by atoms with Gasteiger partial charge in [-0.3, -0.25) is 0 Å². The summed E-state index contributed by atoms with van der Waals surface area (Å²) in [5, 5.41) is 16.1. The third-order valence-corrected chi connectivity index (χ3v) is 2.11. The highest BCUT2D eigenvalue weighted by atomic mass is 16.4. The number of unbranched alkanes of at least 4 members (excludes halogenated alkanes) is 1. The van der Waals surface area contributed by atoms with Gasteiger partial charge in [-0.1, -0.05) is 13.3 Å². The molecule has 0 spiro atoms. The van der Waals surface area contributed by atoms with Gasteiger partial charge in [-0.2, -0.15) is 0 Å². The molecule has 0 aromatic carbocycles. The van der Waals surface area contributed by atoms with Gasteiger partial charge in [0.2, 0.25) is 0 Å². The zero-order valence-electron chi connectivity index (χ0n) is 8.97. The summed E-state index contributed by atoms with van der Waals surface area (Å²) in [4.78, 5) is 12.5. The number of aromatic nitrogens is 2. The van der Waals surface area contributed by atoms with E-state index in [1.807, 2.05) is 11.9 Å². The fraction of sp³-hybridized carbons (Fsp3) is 0.500. The van der Waals surface area contributed by atoms with Crippen molar-refractivity contribution >= 4 is 11.8 Å². The Bertz CT molecular complexity index is 324. The van der Waals surface area contributed by atoms with Crippen LogP contribution in [0.2, 0.25) is 0 Å². The largest absolute Gasteiger partial charge is 0.476 e. The highest BCUT2D eigenvalue weighted by Gasteiger charge is 2.07. The molecular weight excluding hydrogens is 194 g/mol. The number of carboxylic acids is 1. The maximum Gasteiger partial charge on any atom is 0.356 e. The van der Waals surface area contributed by atoms with Crippen LogP contribution in [0, 0.1) is 0 Å². The van der Waals surface area contributed by atoms with Gasteiger partial charge in [0.15, 0.2) is 11.5 Å². The predicted molar refractivity (Wildman–Crippen MR) is 57.2 cm³/mol. The molecule has 0 bridgehead atoms. The Balaban J connectivity index is 2.66. The quantitative estimate of drug-likeness (QED) is 0.794. The molecule has 1 N–H and O–H groups in total. The zero-order valence-corrected chi connectivity index (χ0v) is 8.97. The first-order valence-electron chi connectivity index (χ1n) is 4.93. The molecule has 0 radical (unpaired) electrons. The predicted octanol–water partition coefficient (Wildman–Crippen LogP) is 1.41. The molecule has 1 aromatic heterocycles. The molecular formula is C10H15N3O2. The van der Waals surface area contributed by atoms with E-state index >= 15 is 0 Å². The Morgan fingerprint density at radius 2 is 2.20 bits per heavy atom. The number of aromatic carboxylic acids is 1. The van der Waals surface area contributed by atoms with Crippen LogP contribution in [0.5, 0.6) is 0 Å². The molecule has 5 nitrogen and oxygen atoms in total.